The standard InChI is InChI=1S/C16H22N2O5/c1-4-21-14-7-11-6-10(3)23-13(11)8-12(14)17-9-15(19)18-16(20)22-5-2/h7-8,10,17H,4-6,9H2,1-3H3,(H,18,19,20)/t10-/m0/s1. The Hall–Kier alpha value is -2.44. The summed E-state index contributed by atoms with van der Waals surface area (Å²) in [4.78, 5) is 22.9. The highest BCUT2D eigenvalue weighted by Gasteiger charge is 2.22. The lowest BCUT2D eigenvalue weighted by Crippen LogP contribution is -2.35. The van der Waals surface area contributed by atoms with E-state index >= 15 is 0 Å². The SMILES string of the molecule is CCOC(=O)NC(=O)CNc1cc2c(cc1OCC)C[C@H](C)O2. The van der Waals surface area contributed by atoms with Gasteiger partial charge in [0.25, 0.3) is 0 Å². The second-order valence-electron chi connectivity index (χ2n) is 5.14. The number of amides is 2. The summed E-state index contributed by atoms with van der Waals surface area (Å²) in [6.07, 6.45) is 0.205. The molecule has 0 aliphatic carbocycles. The van der Waals surface area contributed by atoms with Gasteiger partial charge < -0.3 is 19.5 Å². The van der Waals surface area contributed by atoms with E-state index in [-0.39, 0.29) is 19.3 Å². The van der Waals surface area contributed by atoms with Crippen molar-refractivity contribution in [3.8, 4) is 11.5 Å². The number of carbonyl (C=O) groups excluding carboxylic acids is 2. The van der Waals surface area contributed by atoms with Gasteiger partial charge in [-0.05, 0) is 26.8 Å². The van der Waals surface area contributed by atoms with E-state index in [0.29, 0.717) is 18.0 Å². The van der Waals surface area contributed by atoms with Crippen LogP contribution in [0.15, 0.2) is 12.1 Å². The Balaban J connectivity index is 2.02. The van der Waals surface area contributed by atoms with Crippen LogP contribution in [-0.4, -0.2) is 37.9 Å². The van der Waals surface area contributed by atoms with Gasteiger partial charge in [-0.3, -0.25) is 10.1 Å². The molecule has 0 saturated carbocycles. The molecule has 0 bridgehead atoms. The van der Waals surface area contributed by atoms with Crippen molar-refractivity contribution < 1.29 is 23.8 Å². The molecule has 0 radical (unpaired) electrons. The van der Waals surface area contributed by atoms with Gasteiger partial charge in [-0.1, -0.05) is 0 Å². The summed E-state index contributed by atoms with van der Waals surface area (Å²) in [5.74, 6) is 0.961. The first-order valence-corrected chi connectivity index (χ1v) is 7.70. The number of fused-ring (bicyclic) bond motifs is 1. The Bertz CT molecular complexity index is 588. The lowest BCUT2D eigenvalue weighted by atomic mass is 10.1. The molecule has 7 heteroatoms. The monoisotopic (exact) mass is 322 g/mol. The number of benzene rings is 1. The highest BCUT2D eigenvalue weighted by Crippen LogP contribution is 2.37. The Kier molecular flexibility index (Phi) is 5.67. The van der Waals surface area contributed by atoms with Crippen molar-refractivity contribution in [2.45, 2.75) is 33.3 Å². The maximum atomic E-state index is 11.7. The second-order valence-corrected chi connectivity index (χ2v) is 5.14. The van der Waals surface area contributed by atoms with E-state index in [1.807, 2.05) is 26.0 Å². The fourth-order valence-electron chi connectivity index (χ4n) is 2.35. The van der Waals surface area contributed by atoms with Crippen LogP contribution in [0, 0.1) is 0 Å². The van der Waals surface area contributed by atoms with Crippen molar-refractivity contribution in [2.75, 3.05) is 25.1 Å². The number of anilines is 1. The molecule has 7 nitrogen and oxygen atoms in total. The zero-order valence-electron chi connectivity index (χ0n) is 13.6. The minimum Gasteiger partial charge on any atom is -0.492 e. The van der Waals surface area contributed by atoms with Crippen LogP contribution < -0.4 is 20.1 Å². The number of hydrogen-bond acceptors (Lipinski definition) is 6. The number of nitrogens with one attached hydrogen (secondary N) is 2. The number of rotatable bonds is 6. The van der Waals surface area contributed by atoms with Crippen LogP contribution >= 0.6 is 0 Å². The third-order valence-corrected chi connectivity index (χ3v) is 3.25. The fraction of sp³-hybridized carbons (Fsp3) is 0.500. The zero-order chi connectivity index (χ0) is 16.8. The molecule has 2 rings (SSSR count). The van der Waals surface area contributed by atoms with Gasteiger partial charge in [0, 0.05) is 18.1 Å². The Labute approximate surface area is 135 Å². The molecule has 23 heavy (non-hydrogen) atoms. The van der Waals surface area contributed by atoms with E-state index in [0.717, 1.165) is 17.7 Å². The Morgan fingerprint density at radius 1 is 1.30 bits per heavy atom. The van der Waals surface area contributed by atoms with Crippen LogP contribution in [0.4, 0.5) is 10.5 Å². The molecule has 1 aliphatic rings. The predicted octanol–water partition coefficient (Wildman–Crippen LogP) is 2.09. The van der Waals surface area contributed by atoms with E-state index in [1.165, 1.54) is 0 Å². The highest BCUT2D eigenvalue weighted by molar-refractivity contribution is 5.94. The largest absolute Gasteiger partial charge is 0.492 e. The first-order valence-electron chi connectivity index (χ1n) is 7.70. The summed E-state index contributed by atoms with van der Waals surface area (Å²) in [5, 5.41) is 5.09. The van der Waals surface area contributed by atoms with Crippen molar-refractivity contribution in [1.29, 1.82) is 0 Å². The number of ether oxygens (including phenoxy) is 3. The van der Waals surface area contributed by atoms with Gasteiger partial charge in [0.1, 0.15) is 17.6 Å². The predicted molar refractivity (Wildman–Crippen MR) is 85.1 cm³/mol. The lowest BCUT2D eigenvalue weighted by molar-refractivity contribution is -0.118. The molecule has 2 N–H and O–H groups in total. The Morgan fingerprint density at radius 2 is 2.09 bits per heavy atom. The van der Waals surface area contributed by atoms with Crippen molar-refractivity contribution >= 4 is 17.7 Å². The smallest absolute Gasteiger partial charge is 0.413 e. The minimum atomic E-state index is -0.754. The third-order valence-electron chi connectivity index (χ3n) is 3.25. The van der Waals surface area contributed by atoms with Crippen LogP contribution in [-0.2, 0) is 16.0 Å². The van der Waals surface area contributed by atoms with Crippen molar-refractivity contribution in [2.24, 2.45) is 0 Å². The van der Waals surface area contributed by atoms with Crippen molar-refractivity contribution in [3.05, 3.63) is 17.7 Å². The molecule has 0 spiro atoms. The molecule has 1 atom stereocenters. The third kappa shape index (κ3) is 4.51. The summed E-state index contributed by atoms with van der Waals surface area (Å²) in [5.41, 5.74) is 1.74. The molecule has 2 amide bonds. The topological polar surface area (TPSA) is 85.9 Å². The average Bonchev–Trinajstić information content (AvgIpc) is 2.84. The van der Waals surface area contributed by atoms with Gasteiger partial charge in [0.15, 0.2) is 0 Å². The van der Waals surface area contributed by atoms with Gasteiger partial charge in [-0.2, -0.15) is 0 Å². The van der Waals surface area contributed by atoms with Gasteiger partial charge in [0.05, 0.1) is 25.4 Å². The molecule has 1 aliphatic heterocycles. The number of imide groups is 1. The molecule has 0 fully saturated rings. The quantitative estimate of drug-likeness (QED) is 0.834. The molecular weight excluding hydrogens is 300 g/mol. The summed E-state index contributed by atoms with van der Waals surface area (Å²) in [6.45, 7) is 6.21. The first kappa shape index (κ1) is 16.9. The molecule has 1 aromatic carbocycles. The maximum Gasteiger partial charge on any atom is 0.413 e. The van der Waals surface area contributed by atoms with E-state index in [9.17, 15) is 9.59 Å². The lowest BCUT2D eigenvalue weighted by Gasteiger charge is -2.14. The van der Waals surface area contributed by atoms with E-state index in [2.05, 4.69) is 15.4 Å². The van der Waals surface area contributed by atoms with Gasteiger partial charge in [-0.15, -0.1) is 0 Å². The van der Waals surface area contributed by atoms with Crippen LogP contribution in [0.25, 0.3) is 0 Å². The van der Waals surface area contributed by atoms with Crippen LogP contribution in [0.2, 0.25) is 0 Å². The maximum absolute atomic E-state index is 11.7. The van der Waals surface area contributed by atoms with E-state index in [4.69, 9.17) is 9.47 Å². The Morgan fingerprint density at radius 3 is 2.78 bits per heavy atom. The number of carbonyl (C=O) groups is 2. The molecule has 126 valence electrons. The van der Waals surface area contributed by atoms with Crippen LogP contribution in [0.3, 0.4) is 0 Å². The first-order chi connectivity index (χ1) is 11.0. The van der Waals surface area contributed by atoms with Crippen LogP contribution in [0.1, 0.15) is 26.3 Å². The van der Waals surface area contributed by atoms with Crippen molar-refractivity contribution in [3.63, 3.8) is 0 Å². The molecular formula is C16H22N2O5. The van der Waals surface area contributed by atoms with Gasteiger partial charge in [-0.25, -0.2) is 4.79 Å². The molecule has 0 saturated heterocycles. The fourth-order valence-corrected chi connectivity index (χ4v) is 2.35. The summed E-state index contributed by atoms with van der Waals surface area (Å²) < 4.78 is 16.0. The normalized spacial score (nSPS) is 15.3. The van der Waals surface area contributed by atoms with Gasteiger partial charge in [0.2, 0.25) is 5.91 Å². The molecule has 0 aromatic heterocycles. The summed E-state index contributed by atoms with van der Waals surface area (Å²) in [7, 11) is 0. The minimum absolute atomic E-state index is 0.0762. The van der Waals surface area contributed by atoms with Crippen LogP contribution in [0.5, 0.6) is 11.5 Å². The highest BCUT2D eigenvalue weighted by atomic mass is 16.5. The summed E-state index contributed by atoms with van der Waals surface area (Å²) >= 11 is 0. The zero-order valence-corrected chi connectivity index (χ0v) is 13.6. The number of alkyl carbamates (subject to hydrolysis) is 1. The van der Waals surface area contributed by atoms with Crippen molar-refractivity contribution in [1.82, 2.24) is 5.32 Å². The summed E-state index contributed by atoms with van der Waals surface area (Å²) in [6, 6.07) is 3.75. The average molecular weight is 322 g/mol. The molecule has 0 unspecified atom stereocenters. The second kappa shape index (κ2) is 7.71. The van der Waals surface area contributed by atoms with E-state index < -0.39 is 12.0 Å². The van der Waals surface area contributed by atoms with Gasteiger partial charge >= 0.3 is 6.09 Å². The van der Waals surface area contributed by atoms with E-state index in [1.54, 1.807) is 6.92 Å². The number of hydrogen-bond donors (Lipinski definition) is 2. The molecule has 1 heterocycles. The molecule has 1 aromatic rings.